The summed E-state index contributed by atoms with van der Waals surface area (Å²) in [6.45, 7) is 0. The molecule has 5 heavy (non-hydrogen) atoms. The number of rotatable bonds is 0. The second kappa shape index (κ2) is 1.24. The van der Waals surface area contributed by atoms with Crippen molar-refractivity contribution in [2.45, 2.75) is 11.6 Å². The quantitative estimate of drug-likeness (QED) is 0.401. The lowest BCUT2D eigenvalue weighted by molar-refractivity contribution is 0.629. The largest absolute Gasteiger partial charge is 0.567 e. The normalized spacial score (nSPS) is 12.0. The highest BCUT2D eigenvalue weighted by Gasteiger charge is 2.15. The maximum absolute atomic E-state index is 11.2. The van der Waals surface area contributed by atoms with Crippen LogP contribution in [0.2, 0.25) is 11.6 Å². The molecule has 0 aromatic rings. The summed E-state index contributed by atoms with van der Waals surface area (Å²) in [7, 11) is 0. The van der Waals surface area contributed by atoms with E-state index in [1.807, 2.05) is 0 Å². The lowest BCUT2D eigenvalue weighted by Crippen LogP contribution is -2.06. The SMILES string of the molecule is [CH3][Al-]([CH3])([F])[F]. The van der Waals surface area contributed by atoms with Crippen molar-refractivity contribution in [2.24, 2.45) is 0 Å². The van der Waals surface area contributed by atoms with Crippen LogP contribution in [0.15, 0.2) is 0 Å². The van der Waals surface area contributed by atoms with Gasteiger partial charge >= 0.3 is 14.0 Å². The van der Waals surface area contributed by atoms with Gasteiger partial charge in [-0.15, -0.1) is 11.6 Å². The van der Waals surface area contributed by atoms with Crippen molar-refractivity contribution in [3.63, 3.8) is 0 Å². The van der Waals surface area contributed by atoms with Crippen LogP contribution in [0.5, 0.6) is 0 Å². The molecule has 0 rings (SSSR count). The Bertz CT molecular complexity index is 23.1. The van der Waals surface area contributed by atoms with Crippen LogP contribution in [-0.2, 0) is 0 Å². The third-order valence-corrected chi connectivity index (χ3v) is 0. The van der Waals surface area contributed by atoms with E-state index in [-0.39, 0.29) is 0 Å². The van der Waals surface area contributed by atoms with Crippen molar-refractivity contribution in [3.05, 3.63) is 0 Å². The van der Waals surface area contributed by atoms with E-state index >= 15 is 0 Å². The predicted octanol–water partition coefficient (Wildman–Crippen LogP) is 1.63. The highest BCUT2D eigenvalue weighted by molar-refractivity contribution is 6.63. The molecule has 0 bridgehead atoms. The van der Waals surface area contributed by atoms with Crippen LogP contribution in [-0.4, -0.2) is 14.0 Å². The predicted molar refractivity (Wildman–Crippen MR) is 19.7 cm³/mol. The molecule has 0 aliphatic carbocycles. The first-order valence-corrected chi connectivity index (χ1v) is 4.77. The summed E-state index contributed by atoms with van der Waals surface area (Å²) in [5.41, 5.74) is 0. The molecule has 0 saturated carbocycles. The summed E-state index contributed by atoms with van der Waals surface area (Å²) in [5, 5.41) is 0. The van der Waals surface area contributed by atoms with Gasteiger partial charge in [-0.1, -0.05) is 0 Å². The first kappa shape index (κ1) is 5.39. The van der Waals surface area contributed by atoms with Gasteiger partial charge in [0.05, 0.1) is 0 Å². The van der Waals surface area contributed by atoms with E-state index in [9.17, 15) is 7.05 Å². The maximum Gasteiger partial charge on any atom is 0.544 e. The van der Waals surface area contributed by atoms with Crippen molar-refractivity contribution < 1.29 is 7.05 Å². The Morgan fingerprint density at radius 1 is 1.20 bits per heavy atom. The summed E-state index contributed by atoms with van der Waals surface area (Å²) >= 11 is -3.83. The van der Waals surface area contributed by atoms with Crippen LogP contribution in [0.1, 0.15) is 0 Å². The first-order valence-electron chi connectivity index (χ1n) is 1.59. The molecule has 0 aromatic carbocycles. The number of hydrogen-bond acceptors (Lipinski definition) is 0. The zero-order valence-electron chi connectivity index (χ0n) is 3.33. The zero-order chi connectivity index (χ0) is 4.50. The monoisotopic (exact) mass is 95.0 g/mol. The van der Waals surface area contributed by atoms with Gasteiger partial charge < -0.3 is 7.05 Å². The third-order valence-electron chi connectivity index (χ3n) is 0. The fraction of sp³-hybridized carbons (Fsp3) is 1.00. The van der Waals surface area contributed by atoms with Gasteiger partial charge in [-0.2, -0.15) is 0 Å². The minimum atomic E-state index is -3.83. The summed E-state index contributed by atoms with van der Waals surface area (Å²) in [5.74, 6) is 2.04. The molecule has 0 fully saturated rings. The van der Waals surface area contributed by atoms with Gasteiger partial charge in [-0.3, -0.25) is 0 Å². The van der Waals surface area contributed by atoms with Crippen molar-refractivity contribution in [1.29, 1.82) is 0 Å². The second-order valence-electron chi connectivity index (χ2n) is 1.53. The molecule has 3 heteroatoms. The molecule has 0 amide bonds. The summed E-state index contributed by atoms with van der Waals surface area (Å²) in [6.07, 6.45) is 0. The summed E-state index contributed by atoms with van der Waals surface area (Å²) in [6, 6.07) is 0. The zero-order valence-corrected chi connectivity index (χ0v) is 4.49. The van der Waals surface area contributed by atoms with Gasteiger partial charge in [0, 0.05) is 0 Å². The van der Waals surface area contributed by atoms with Crippen LogP contribution < -0.4 is 0 Å². The molecule has 0 saturated heterocycles. The molecular weight excluding hydrogens is 89.0 g/mol. The lowest BCUT2D eigenvalue weighted by Gasteiger charge is -1.97. The smallest absolute Gasteiger partial charge is 0.544 e. The topological polar surface area (TPSA) is 0 Å². The minimum Gasteiger partial charge on any atom is -0.567 e. The van der Waals surface area contributed by atoms with Gasteiger partial charge in [-0.05, 0) is 0 Å². The van der Waals surface area contributed by atoms with Gasteiger partial charge in [-0.25, -0.2) is 0 Å². The van der Waals surface area contributed by atoms with Crippen molar-refractivity contribution in [3.8, 4) is 0 Å². The highest BCUT2D eigenvalue weighted by Crippen LogP contribution is 2.00. The third kappa shape index (κ3) is 163. The Labute approximate surface area is 33.4 Å². The molecule has 0 N–H and O–H groups in total. The molecule has 32 valence electrons. The second-order valence-corrected chi connectivity index (χ2v) is 4.60. The van der Waals surface area contributed by atoms with E-state index in [0.29, 0.717) is 0 Å². The molecule has 0 unspecified atom stereocenters. The Kier molecular flexibility index (Phi) is 1.33. The number of halogens is 2. The van der Waals surface area contributed by atoms with Crippen molar-refractivity contribution >= 4 is 14.0 Å². The number of hydrogen-bond donors (Lipinski definition) is 0. The molecule has 0 aromatic heterocycles. The van der Waals surface area contributed by atoms with Crippen molar-refractivity contribution in [1.82, 2.24) is 0 Å². The fourth-order valence-electron chi connectivity index (χ4n) is 0. The van der Waals surface area contributed by atoms with Crippen LogP contribution in [0.4, 0.5) is 7.05 Å². The minimum absolute atomic E-state index is 1.02. The fourth-order valence-corrected chi connectivity index (χ4v) is 0. The standard InChI is InChI=1S/2CH3.Al.2FH/h2*1H3;;2*1H/q;;+1;;/p-2. The lowest BCUT2D eigenvalue weighted by atomic mass is 11.9. The van der Waals surface area contributed by atoms with E-state index in [0.717, 1.165) is 11.6 Å². The van der Waals surface area contributed by atoms with Crippen LogP contribution in [0.3, 0.4) is 0 Å². The van der Waals surface area contributed by atoms with E-state index in [4.69, 9.17) is 0 Å². The molecule has 0 aliphatic rings. The van der Waals surface area contributed by atoms with Crippen LogP contribution in [0, 0.1) is 0 Å². The molecular formula is C2H6AlF2-. The Morgan fingerprint density at radius 3 is 1.20 bits per heavy atom. The van der Waals surface area contributed by atoms with Gasteiger partial charge in [0.1, 0.15) is 0 Å². The van der Waals surface area contributed by atoms with E-state index in [2.05, 4.69) is 0 Å². The average molecular weight is 95.0 g/mol. The van der Waals surface area contributed by atoms with E-state index in [1.165, 1.54) is 0 Å². The van der Waals surface area contributed by atoms with Crippen molar-refractivity contribution in [2.75, 3.05) is 0 Å². The molecule has 0 radical (unpaired) electrons. The molecule has 0 heterocycles. The van der Waals surface area contributed by atoms with Crippen LogP contribution in [0.25, 0.3) is 0 Å². The Balaban J connectivity index is 3.02. The molecule has 0 spiro atoms. The van der Waals surface area contributed by atoms with E-state index in [1.54, 1.807) is 0 Å². The Hall–Kier alpha value is 0.392. The summed E-state index contributed by atoms with van der Waals surface area (Å²) < 4.78 is 22.4. The molecule has 0 atom stereocenters. The molecule has 0 nitrogen and oxygen atoms in total. The van der Waals surface area contributed by atoms with E-state index < -0.39 is 14.0 Å². The van der Waals surface area contributed by atoms with Gasteiger partial charge in [0.2, 0.25) is 0 Å². The Morgan fingerprint density at radius 2 is 1.20 bits per heavy atom. The highest BCUT2D eigenvalue weighted by atomic mass is 27.4. The summed E-state index contributed by atoms with van der Waals surface area (Å²) in [4.78, 5) is 0. The molecule has 0 aliphatic heterocycles. The van der Waals surface area contributed by atoms with Crippen LogP contribution >= 0.6 is 0 Å². The average Bonchev–Trinajstić information content (AvgIpc) is 0.722. The first-order chi connectivity index (χ1) is 2.00. The van der Waals surface area contributed by atoms with Gasteiger partial charge in [0.15, 0.2) is 0 Å². The maximum atomic E-state index is 11.2. The van der Waals surface area contributed by atoms with Gasteiger partial charge in [0.25, 0.3) is 0 Å².